The van der Waals surface area contributed by atoms with Gasteiger partial charge in [-0.2, -0.15) is 0 Å². The maximum Gasteiger partial charge on any atom is 0.326 e. The lowest BCUT2D eigenvalue weighted by Gasteiger charge is -2.27. The molecular weight excluding hydrogens is 522 g/mol. The number of nitrogens with one attached hydrogen (secondary N) is 4. The molecule has 0 radical (unpaired) electrons. The van der Waals surface area contributed by atoms with E-state index in [-0.39, 0.29) is 18.3 Å². The van der Waals surface area contributed by atoms with Crippen molar-refractivity contribution in [1.82, 2.24) is 20.9 Å². The number of benzene rings is 2. The van der Waals surface area contributed by atoms with Crippen LogP contribution in [0.2, 0.25) is 0 Å². The van der Waals surface area contributed by atoms with Crippen molar-refractivity contribution >= 4 is 34.6 Å². The van der Waals surface area contributed by atoms with Crippen LogP contribution in [0.15, 0.2) is 60.8 Å². The summed E-state index contributed by atoms with van der Waals surface area (Å²) < 4.78 is 0. The van der Waals surface area contributed by atoms with E-state index < -0.39 is 47.9 Å². The maximum absolute atomic E-state index is 13.4. The maximum atomic E-state index is 13.4. The van der Waals surface area contributed by atoms with E-state index in [1.54, 1.807) is 20.0 Å². The van der Waals surface area contributed by atoms with E-state index in [0.717, 1.165) is 22.0 Å². The number of carbonyl (C=O) groups is 4. The molecule has 0 aliphatic carbocycles. The third kappa shape index (κ3) is 8.91. The van der Waals surface area contributed by atoms with Gasteiger partial charge in [-0.1, -0.05) is 76.2 Å². The van der Waals surface area contributed by atoms with Crippen LogP contribution < -0.4 is 21.7 Å². The lowest BCUT2D eigenvalue weighted by atomic mass is 9.98. The molecule has 0 fully saturated rings. The second-order valence-electron chi connectivity index (χ2n) is 11.2. The molecule has 10 nitrogen and oxygen atoms in total. The molecule has 0 aliphatic heterocycles. The summed E-state index contributed by atoms with van der Waals surface area (Å²) in [5.41, 5.74) is 8.66. The molecule has 1 heterocycles. The van der Waals surface area contributed by atoms with E-state index in [9.17, 15) is 24.3 Å². The number of hydrogen-bond donors (Lipinski definition) is 6. The van der Waals surface area contributed by atoms with E-state index in [1.165, 1.54) is 0 Å². The van der Waals surface area contributed by atoms with Gasteiger partial charge < -0.3 is 31.8 Å². The number of carbonyl (C=O) groups excluding carboxylic acids is 3. The quantitative estimate of drug-likeness (QED) is 0.176. The van der Waals surface area contributed by atoms with Crippen molar-refractivity contribution in [2.75, 3.05) is 0 Å². The monoisotopic (exact) mass is 563 g/mol. The average Bonchev–Trinajstić information content (AvgIpc) is 3.33. The van der Waals surface area contributed by atoms with Gasteiger partial charge in [0.25, 0.3) is 0 Å². The van der Waals surface area contributed by atoms with Crippen LogP contribution in [-0.2, 0) is 32.0 Å². The van der Waals surface area contributed by atoms with Crippen molar-refractivity contribution in [1.29, 1.82) is 0 Å². The van der Waals surface area contributed by atoms with Gasteiger partial charge in [0.15, 0.2) is 0 Å². The van der Waals surface area contributed by atoms with Crippen LogP contribution >= 0.6 is 0 Å². The van der Waals surface area contributed by atoms with Gasteiger partial charge in [0.2, 0.25) is 17.7 Å². The van der Waals surface area contributed by atoms with Crippen molar-refractivity contribution in [3.8, 4) is 0 Å². The van der Waals surface area contributed by atoms with E-state index in [0.29, 0.717) is 12.8 Å². The number of fused-ring (bicyclic) bond motifs is 1. The molecule has 0 saturated heterocycles. The van der Waals surface area contributed by atoms with Crippen molar-refractivity contribution in [3.05, 3.63) is 71.9 Å². The predicted octanol–water partition coefficient (Wildman–Crippen LogP) is 2.52. The molecule has 10 heteroatoms. The molecule has 0 bridgehead atoms. The highest BCUT2D eigenvalue weighted by molar-refractivity contribution is 5.94. The summed E-state index contributed by atoms with van der Waals surface area (Å²) in [4.78, 5) is 54.8. The number of amides is 3. The summed E-state index contributed by atoms with van der Waals surface area (Å²) in [5.74, 6) is -3.08. The van der Waals surface area contributed by atoms with Crippen molar-refractivity contribution in [2.45, 2.75) is 71.1 Å². The molecule has 4 unspecified atom stereocenters. The van der Waals surface area contributed by atoms with Crippen LogP contribution in [0.3, 0.4) is 0 Å². The van der Waals surface area contributed by atoms with E-state index in [2.05, 4.69) is 20.9 Å². The number of carboxylic acid groups (broad SMARTS) is 1. The molecule has 0 aliphatic rings. The number of aliphatic carboxylic acids is 1. The van der Waals surface area contributed by atoms with Gasteiger partial charge in [0.1, 0.15) is 18.1 Å². The number of aromatic amines is 1. The highest BCUT2D eigenvalue weighted by atomic mass is 16.4. The molecule has 0 saturated carbocycles. The van der Waals surface area contributed by atoms with Gasteiger partial charge in [-0.25, -0.2) is 4.79 Å². The van der Waals surface area contributed by atoms with Crippen LogP contribution in [0, 0.1) is 11.8 Å². The second kappa shape index (κ2) is 14.5. The number of nitrogens with two attached hydrogens (primary N) is 1. The summed E-state index contributed by atoms with van der Waals surface area (Å²) >= 11 is 0. The molecule has 1 aromatic heterocycles. The van der Waals surface area contributed by atoms with Gasteiger partial charge in [0.05, 0.1) is 6.04 Å². The number of hydrogen-bond acceptors (Lipinski definition) is 5. The fraction of sp³-hybridized carbons (Fsp3) is 0.419. The van der Waals surface area contributed by atoms with E-state index >= 15 is 0 Å². The number of carboxylic acids is 1. The molecule has 3 amide bonds. The lowest BCUT2D eigenvalue weighted by molar-refractivity contribution is -0.142. The summed E-state index contributed by atoms with van der Waals surface area (Å²) in [6, 6.07) is 12.9. The number of para-hydroxylation sites is 1. The van der Waals surface area contributed by atoms with E-state index in [4.69, 9.17) is 5.73 Å². The highest BCUT2D eigenvalue weighted by Crippen LogP contribution is 2.19. The van der Waals surface area contributed by atoms with Gasteiger partial charge in [-0.3, -0.25) is 14.4 Å². The van der Waals surface area contributed by atoms with E-state index in [1.807, 2.05) is 68.4 Å². The molecule has 7 N–H and O–H groups in total. The fourth-order valence-electron chi connectivity index (χ4n) is 4.71. The molecule has 3 rings (SSSR count). The Hall–Kier alpha value is -4.18. The minimum atomic E-state index is -1.21. The third-order valence-electron chi connectivity index (χ3n) is 6.94. The first kappa shape index (κ1) is 31.3. The number of rotatable bonds is 14. The van der Waals surface area contributed by atoms with Crippen LogP contribution in [-0.4, -0.2) is 57.9 Å². The lowest BCUT2D eigenvalue weighted by Crippen LogP contribution is -2.59. The normalized spacial score (nSPS) is 14.3. The van der Waals surface area contributed by atoms with Crippen molar-refractivity contribution in [3.63, 3.8) is 0 Å². The first-order valence-electron chi connectivity index (χ1n) is 13.9. The minimum absolute atomic E-state index is 0.0647. The topological polar surface area (TPSA) is 166 Å². The number of aromatic nitrogens is 1. The Balaban J connectivity index is 1.69. The summed E-state index contributed by atoms with van der Waals surface area (Å²) in [7, 11) is 0. The Morgan fingerprint density at radius 1 is 0.805 bits per heavy atom. The van der Waals surface area contributed by atoms with Crippen LogP contribution in [0.5, 0.6) is 0 Å². The van der Waals surface area contributed by atoms with Gasteiger partial charge in [0, 0.05) is 23.5 Å². The summed E-state index contributed by atoms with van der Waals surface area (Å²) in [6.07, 6.45) is 2.44. The van der Waals surface area contributed by atoms with Crippen LogP contribution in [0.25, 0.3) is 10.9 Å². The Morgan fingerprint density at radius 2 is 1.44 bits per heavy atom. The Labute approximate surface area is 240 Å². The number of H-pyrrole nitrogens is 1. The zero-order valence-corrected chi connectivity index (χ0v) is 24.0. The molecule has 0 spiro atoms. The molecular formula is C31H41N5O5. The van der Waals surface area contributed by atoms with Gasteiger partial charge in [-0.15, -0.1) is 0 Å². The zero-order valence-electron chi connectivity index (χ0n) is 24.0. The third-order valence-corrected chi connectivity index (χ3v) is 6.94. The Kier molecular flexibility index (Phi) is 11.0. The predicted molar refractivity (Wildman–Crippen MR) is 158 cm³/mol. The minimum Gasteiger partial charge on any atom is -0.480 e. The van der Waals surface area contributed by atoms with Crippen molar-refractivity contribution < 1.29 is 24.3 Å². The molecule has 4 atom stereocenters. The molecule has 220 valence electrons. The zero-order chi connectivity index (χ0) is 30.1. The Bertz CT molecular complexity index is 1340. The van der Waals surface area contributed by atoms with Gasteiger partial charge >= 0.3 is 5.97 Å². The summed E-state index contributed by atoms with van der Waals surface area (Å²) in [6.45, 7) is 7.35. The average molecular weight is 564 g/mol. The molecule has 3 aromatic rings. The largest absolute Gasteiger partial charge is 0.480 e. The SMILES string of the molecule is CC(C)CC(NC(=O)C(N)Cc1ccccc1)C(=O)NC(C(=O)NC(Cc1c[nH]c2ccccc12)C(=O)O)C(C)C. The summed E-state index contributed by atoms with van der Waals surface area (Å²) in [5, 5.41) is 18.8. The first-order valence-corrected chi connectivity index (χ1v) is 13.9. The Morgan fingerprint density at radius 3 is 2.07 bits per heavy atom. The standard InChI is InChI=1S/C31H41N5O5/c1-18(2)14-25(34-28(37)23(32)15-20-10-6-5-7-11-20)29(38)36-27(19(3)4)30(39)35-26(31(40)41)16-21-17-33-24-13-9-8-12-22(21)24/h5-13,17-19,23,25-27,33H,14-16,32H2,1-4H3,(H,34,37)(H,35,39)(H,36,38)(H,40,41). The molecule has 41 heavy (non-hydrogen) atoms. The molecule has 2 aromatic carbocycles. The highest BCUT2D eigenvalue weighted by Gasteiger charge is 2.32. The fourth-order valence-corrected chi connectivity index (χ4v) is 4.71. The second-order valence-corrected chi connectivity index (χ2v) is 11.2. The van der Waals surface area contributed by atoms with Crippen LogP contribution in [0.4, 0.5) is 0 Å². The van der Waals surface area contributed by atoms with Crippen molar-refractivity contribution in [2.24, 2.45) is 17.6 Å². The van der Waals surface area contributed by atoms with Gasteiger partial charge in [-0.05, 0) is 41.9 Å². The van der Waals surface area contributed by atoms with Crippen LogP contribution in [0.1, 0.15) is 45.2 Å². The first-order chi connectivity index (χ1) is 19.5. The smallest absolute Gasteiger partial charge is 0.326 e.